The normalized spacial score (nSPS) is 11.4. The summed E-state index contributed by atoms with van der Waals surface area (Å²) < 4.78 is 26.6. The molecule has 1 aromatic carbocycles. The lowest BCUT2D eigenvalue weighted by atomic mass is 10.0. The van der Waals surface area contributed by atoms with Crippen molar-refractivity contribution in [3.63, 3.8) is 0 Å². The summed E-state index contributed by atoms with van der Waals surface area (Å²) in [7, 11) is 1.38. The van der Waals surface area contributed by atoms with Crippen molar-refractivity contribution < 1.29 is 13.6 Å². The van der Waals surface area contributed by atoms with E-state index in [4.69, 9.17) is 4.84 Å². The lowest BCUT2D eigenvalue weighted by molar-refractivity contribution is 0.213. The van der Waals surface area contributed by atoms with Crippen LogP contribution < -0.4 is 0 Å². The van der Waals surface area contributed by atoms with Crippen molar-refractivity contribution in [2.24, 2.45) is 5.16 Å². The van der Waals surface area contributed by atoms with Gasteiger partial charge in [-0.1, -0.05) is 11.2 Å². The maximum atomic E-state index is 13.7. The highest BCUT2D eigenvalue weighted by molar-refractivity contribution is 6.01. The third-order valence-corrected chi connectivity index (χ3v) is 2.54. The Morgan fingerprint density at radius 2 is 2.16 bits per heavy atom. The highest BCUT2D eigenvalue weighted by atomic mass is 19.1. The molecule has 0 radical (unpaired) electrons. The first kappa shape index (κ1) is 13.1. The summed E-state index contributed by atoms with van der Waals surface area (Å²) in [5, 5.41) is 3.81. The molecule has 0 aliphatic rings. The van der Waals surface area contributed by atoms with Crippen molar-refractivity contribution in [1.29, 1.82) is 0 Å². The van der Waals surface area contributed by atoms with E-state index in [1.807, 2.05) is 6.07 Å². The van der Waals surface area contributed by atoms with Gasteiger partial charge >= 0.3 is 0 Å². The van der Waals surface area contributed by atoms with Gasteiger partial charge in [0.05, 0.1) is 5.71 Å². The van der Waals surface area contributed by atoms with Gasteiger partial charge < -0.3 is 4.84 Å². The Morgan fingerprint density at radius 1 is 1.32 bits per heavy atom. The van der Waals surface area contributed by atoms with Crippen LogP contribution >= 0.6 is 0 Å². The van der Waals surface area contributed by atoms with Gasteiger partial charge in [0.2, 0.25) is 0 Å². The van der Waals surface area contributed by atoms with Gasteiger partial charge in [-0.3, -0.25) is 4.98 Å². The zero-order chi connectivity index (χ0) is 13.7. The first-order valence-electron chi connectivity index (χ1n) is 5.65. The van der Waals surface area contributed by atoms with E-state index in [2.05, 4.69) is 10.1 Å². The average molecular weight is 262 g/mol. The summed E-state index contributed by atoms with van der Waals surface area (Å²) in [6, 6.07) is 6.98. The molecule has 0 unspecified atom stereocenters. The topological polar surface area (TPSA) is 34.5 Å². The van der Waals surface area contributed by atoms with Crippen LogP contribution in [0.25, 0.3) is 0 Å². The number of benzene rings is 1. The molecule has 0 aliphatic carbocycles. The van der Waals surface area contributed by atoms with Gasteiger partial charge in [0.1, 0.15) is 18.7 Å². The van der Waals surface area contributed by atoms with Gasteiger partial charge in [-0.25, -0.2) is 8.78 Å². The Morgan fingerprint density at radius 3 is 2.79 bits per heavy atom. The SMILES string of the molecule is CO/N=C(\Cc1cccnc1)c1ccc(F)cc1F. The number of halogens is 2. The van der Waals surface area contributed by atoms with Crippen LogP contribution in [0.2, 0.25) is 0 Å². The zero-order valence-electron chi connectivity index (χ0n) is 10.3. The molecule has 2 rings (SSSR count). The summed E-state index contributed by atoms with van der Waals surface area (Å²) in [6.07, 6.45) is 3.66. The smallest absolute Gasteiger partial charge is 0.135 e. The molecule has 0 atom stereocenters. The molecule has 0 saturated carbocycles. The Hall–Kier alpha value is -2.30. The second-order valence-electron chi connectivity index (χ2n) is 3.88. The second kappa shape index (κ2) is 6.04. The highest BCUT2D eigenvalue weighted by Gasteiger charge is 2.12. The van der Waals surface area contributed by atoms with E-state index < -0.39 is 11.6 Å². The molecule has 0 aliphatic heterocycles. The van der Waals surface area contributed by atoms with Crippen LogP contribution in [-0.2, 0) is 11.3 Å². The van der Waals surface area contributed by atoms with Crippen LogP contribution in [0.15, 0.2) is 47.9 Å². The monoisotopic (exact) mass is 262 g/mol. The third-order valence-electron chi connectivity index (χ3n) is 2.54. The van der Waals surface area contributed by atoms with E-state index >= 15 is 0 Å². The third kappa shape index (κ3) is 3.34. The predicted octanol–water partition coefficient (Wildman–Crippen LogP) is 2.95. The number of oxime groups is 1. The quantitative estimate of drug-likeness (QED) is 0.627. The second-order valence-corrected chi connectivity index (χ2v) is 3.88. The molecule has 3 nitrogen and oxygen atoms in total. The molecule has 0 bridgehead atoms. The molecular formula is C14H12F2N2O. The van der Waals surface area contributed by atoms with Crippen molar-refractivity contribution in [2.75, 3.05) is 7.11 Å². The zero-order valence-corrected chi connectivity index (χ0v) is 10.3. The molecule has 0 saturated heterocycles. The summed E-state index contributed by atoms with van der Waals surface area (Å²) in [6.45, 7) is 0. The molecule has 1 aromatic heterocycles. The van der Waals surface area contributed by atoms with Crippen molar-refractivity contribution in [2.45, 2.75) is 6.42 Å². The van der Waals surface area contributed by atoms with Crippen molar-refractivity contribution >= 4 is 5.71 Å². The van der Waals surface area contributed by atoms with Gasteiger partial charge in [0.15, 0.2) is 0 Å². The summed E-state index contributed by atoms with van der Waals surface area (Å²) in [4.78, 5) is 8.70. The van der Waals surface area contributed by atoms with E-state index in [9.17, 15) is 8.78 Å². The van der Waals surface area contributed by atoms with Crippen LogP contribution in [0.5, 0.6) is 0 Å². The van der Waals surface area contributed by atoms with E-state index in [0.717, 1.165) is 11.6 Å². The predicted molar refractivity (Wildman–Crippen MR) is 67.8 cm³/mol. The fourth-order valence-electron chi connectivity index (χ4n) is 1.71. The molecule has 0 N–H and O–H groups in total. The van der Waals surface area contributed by atoms with E-state index in [0.29, 0.717) is 12.1 Å². The van der Waals surface area contributed by atoms with Gasteiger partial charge in [-0.2, -0.15) is 0 Å². The fraction of sp³-hybridized carbons (Fsp3) is 0.143. The minimum atomic E-state index is -0.667. The van der Waals surface area contributed by atoms with E-state index in [1.54, 1.807) is 18.5 Å². The van der Waals surface area contributed by atoms with Gasteiger partial charge in [-0.15, -0.1) is 0 Å². The Bertz CT molecular complexity index is 585. The van der Waals surface area contributed by atoms with Gasteiger partial charge in [0.25, 0.3) is 0 Å². The number of pyridine rings is 1. The minimum absolute atomic E-state index is 0.215. The fourth-order valence-corrected chi connectivity index (χ4v) is 1.71. The Kier molecular flexibility index (Phi) is 4.18. The van der Waals surface area contributed by atoms with Crippen molar-refractivity contribution in [1.82, 2.24) is 4.98 Å². The highest BCUT2D eigenvalue weighted by Crippen LogP contribution is 2.14. The van der Waals surface area contributed by atoms with Crippen LogP contribution in [0.4, 0.5) is 8.78 Å². The summed E-state index contributed by atoms with van der Waals surface area (Å²) >= 11 is 0. The standard InChI is InChI=1S/C14H12F2N2O/c1-19-18-14(7-10-3-2-6-17-9-10)12-5-4-11(15)8-13(12)16/h2-6,8-9H,7H2,1H3/b18-14+. The number of rotatable bonds is 4. The van der Waals surface area contributed by atoms with Crippen LogP contribution in [-0.4, -0.2) is 17.8 Å². The van der Waals surface area contributed by atoms with Crippen molar-refractivity contribution in [3.8, 4) is 0 Å². The van der Waals surface area contributed by atoms with Crippen LogP contribution in [0.3, 0.4) is 0 Å². The molecule has 2 aromatic rings. The molecule has 0 spiro atoms. The summed E-state index contributed by atoms with van der Waals surface area (Å²) in [5.41, 5.74) is 1.46. The van der Waals surface area contributed by atoms with E-state index in [1.165, 1.54) is 19.2 Å². The molecule has 5 heteroatoms. The number of hydrogen-bond acceptors (Lipinski definition) is 3. The molecule has 1 heterocycles. The molecule has 19 heavy (non-hydrogen) atoms. The number of aromatic nitrogens is 1. The number of nitrogens with zero attached hydrogens (tertiary/aromatic N) is 2. The number of hydrogen-bond donors (Lipinski definition) is 0. The van der Waals surface area contributed by atoms with Crippen LogP contribution in [0.1, 0.15) is 11.1 Å². The maximum absolute atomic E-state index is 13.7. The Labute approximate surface area is 109 Å². The summed E-state index contributed by atoms with van der Waals surface area (Å²) in [5.74, 6) is -1.29. The Balaban J connectivity index is 2.33. The van der Waals surface area contributed by atoms with Gasteiger partial charge in [0, 0.05) is 30.4 Å². The molecule has 0 amide bonds. The largest absolute Gasteiger partial charge is 0.399 e. The lowest BCUT2D eigenvalue weighted by Gasteiger charge is -2.07. The molecule has 0 fully saturated rings. The van der Waals surface area contributed by atoms with Crippen molar-refractivity contribution in [3.05, 3.63) is 65.5 Å². The average Bonchev–Trinajstić information content (AvgIpc) is 2.39. The molecule has 98 valence electrons. The lowest BCUT2D eigenvalue weighted by Crippen LogP contribution is -2.09. The van der Waals surface area contributed by atoms with E-state index in [-0.39, 0.29) is 5.56 Å². The first-order chi connectivity index (χ1) is 9.20. The van der Waals surface area contributed by atoms with Crippen LogP contribution in [0, 0.1) is 11.6 Å². The minimum Gasteiger partial charge on any atom is -0.399 e. The van der Waals surface area contributed by atoms with Gasteiger partial charge in [-0.05, 0) is 23.8 Å². The maximum Gasteiger partial charge on any atom is 0.135 e. The molecular weight excluding hydrogens is 250 g/mol. The first-order valence-corrected chi connectivity index (χ1v) is 5.65.